The second-order valence-electron chi connectivity index (χ2n) is 4.68. The Labute approximate surface area is 112 Å². The lowest BCUT2D eigenvalue weighted by Gasteiger charge is -2.14. The zero-order valence-corrected chi connectivity index (χ0v) is 11.1. The molecule has 102 valence electrons. The molecule has 1 amide bonds. The van der Waals surface area contributed by atoms with Gasteiger partial charge in [0.1, 0.15) is 6.04 Å². The number of hydrogen-bond donors (Lipinski definition) is 2. The molecule has 2 rings (SSSR count). The smallest absolute Gasteiger partial charge is 0.328 e. The molecule has 0 fully saturated rings. The van der Waals surface area contributed by atoms with E-state index in [4.69, 9.17) is 0 Å². The fourth-order valence-electron chi connectivity index (χ4n) is 2.30. The number of nitrogens with one attached hydrogen (secondary N) is 2. The van der Waals surface area contributed by atoms with E-state index in [2.05, 4.69) is 15.4 Å². The summed E-state index contributed by atoms with van der Waals surface area (Å²) in [6.07, 6.45) is 0.366. The lowest BCUT2D eigenvalue weighted by molar-refractivity contribution is -0.144. The molecule has 1 heterocycles. The van der Waals surface area contributed by atoms with Gasteiger partial charge in [-0.1, -0.05) is 18.2 Å². The molecule has 1 aliphatic heterocycles. The normalized spacial score (nSPS) is 18.1. The minimum atomic E-state index is -0.609. The molecule has 0 spiro atoms. The summed E-state index contributed by atoms with van der Waals surface area (Å²) in [5.41, 5.74) is 2.24. The highest BCUT2D eigenvalue weighted by molar-refractivity contribution is 5.84. The predicted molar refractivity (Wildman–Crippen MR) is 71.9 cm³/mol. The van der Waals surface area contributed by atoms with E-state index in [0.29, 0.717) is 6.42 Å². The second kappa shape index (κ2) is 5.73. The van der Waals surface area contributed by atoms with E-state index >= 15 is 0 Å². The van der Waals surface area contributed by atoms with Gasteiger partial charge in [-0.15, -0.1) is 0 Å². The number of rotatable bonds is 4. The topological polar surface area (TPSA) is 67.4 Å². The van der Waals surface area contributed by atoms with Gasteiger partial charge in [-0.3, -0.25) is 4.79 Å². The summed E-state index contributed by atoms with van der Waals surface area (Å²) in [6, 6.07) is 7.35. The van der Waals surface area contributed by atoms with Crippen LogP contribution in [-0.2, 0) is 14.3 Å². The van der Waals surface area contributed by atoms with Crippen molar-refractivity contribution in [2.75, 3.05) is 19.0 Å². The van der Waals surface area contributed by atoms with Crippen molar-refractivity contribution >= 4 is 17.6 Å². The fourth-order valence-corrected chi connectivity index (χ4v) is 2.30. The molecule has 0 radical (unpaired) electrons. The zero-order valence-electron chi connectivity index (χ0n) is 11.1. The van der Waals surface area contributed by atoms with Gasteiger partial charge < -0.3 is 15.4 Å². The van der Waals surface area contributed by atoms with Crippen LogP contribution in [0, 0.1) is 0 Å². The number of anilines is 1. The lowest BCUT2D eigenvalue weighted by Crippen LogP contribution is -2.39. The van der Waals surface area contributed by atoms with Crippen LogP contribution in [0.4, 0.5) is 5.69 Å². The third-order valence-corrected chi connectivity index (χ3v) is 3.30. The van der Waals surface area contributed by atoms with Crippen LogP contribution in [-0.4, -0.2) is 31.6 Å². The Bertz CT molecular complexity index is 487. The number of benzene rings is 1. The van der Waals surface area contributed by atoms with Gasteiger partial charge in [-0.2, -0.15) is 0 Å². The molecule has 5 nitrogen and oxygen atoms in total. The third kappa shape index (κ3) is 3.05. The molecule has 19 heavy (non-hydrogen) atoms. The Morgan fingerprint density at radius 2 is 2.21 bits per heavy atom. The Hall–Kier alpha value is -2.04. The first-order chi connectivity index (χ1) is 9.11. The number of methoxy groups -OCH3 is 1. The van der Waals surface area contributed by atoms with Gasteiger partial charge in [-0.25, -0.2) is 4.79 Å². The summed E-state index contributed by atoms with van der Waals surface area (Å²) in [5, 5.41) is 5.92. The van der Waals surface area contributed by atoms with Crippen LogP contribution in [0.2, 0.25) is 0 Å². The van der Waals surface area contributed by atoms with E-state index in [1.165, 1.54) is 7.11 Å². The van der Waals surface area contributed by atoms with Gasteiger partial charge >= 0.3 is 5.97 Å². The van der Waals surface area contributed by atoms with E-state index in [1.807, 2.05) is 24.3 Å². The van der Waals surface area contributed by atoms with E-state index < -0.39 is 12.0 Å². The minimum Gasteiger partial charge on any atom is -0.467 e. The van der Waals surface area contributed by atoms with Gasteiger partial charge in [0.15, 0.2) is 0 Å². The van der Waals surface area contributed by atoms with Crippen LogP contribution < -0.4 is 10.6 Å². The highest BCUT2D eigenvalue weighted by Gasteiger charge is 2.25. The average Bonchev–Trinajstić information content (AvgIpc) is 2.81. The number of amides is 1. The van der Waals surface area contributed by atoms with E-state index in [-0.39, 0.29) is 11.8 Å². The van der Waals surface area contributed by atoms with Crippen molar-refractivity contribution in [2.45, 2.75) is 25.3 Å². The number of carbonyl (C=O) groups excluding carboxylic acids is 2. The average molecular weight is 262 g/mol. The van der Waals surface area contributed by atoms with E-state index in [1.54, 1.807) is 6.92 Å². The largest absolute Gasteiger partial charge is 0.467 e. The van der Waals surface area contributed by atoms with Crippen molar-refractivity contribution in [3.63, 3.8) is 0 Å². The highest BCUT2D eigenvalue weighted by atomic mass is 16.5. The van der Waals surface area contributed by atoms with E-state index in [0.717, 1.165) is 17.8 Å². The van der Waals surface area contributed by atoms with E-state index in [9.17, 15) is 9.59 Å². The molecule has 0 bridgehead atoms. The first kappa shape index (κ1) is 13.4. The maximum atomic E-state index is 11.9. The molecular formula is C14H18N2O3. The summed E-state index contributed by atoms with van der Waals surface area (Å²) in [7, 11) is 1.31. The number of para-hydroxylation sites is 1. The van der Waals surface area contributed by atoms with Gasteiger partial charge in [0, 0.05) is 24.6 Å². The standard InChI is InChI=1S/C14H18N2O3/c1-9(14(18)19-2)16-13(17)7-10-8-15-12-6-4-3-5-11(10)12/h3-6,9-10,15H,7-8H2,1-2H3,(H,16,17). The van der Waals surface area contributed by atoms with Crippen LogP contribution in [0.1, 0.15) is 24.8 Å². The summed E-state index contributed by atoms with van der Waals surface area (Å²) >= 11 is 0. The molecule has 0 saturated heterocycles. The Balaban J connectivity index is 1.92. The minimum absolute atomic E-state index is 0.138. The van der Waals surface area contributed by atoms with Crippen LogP contribution in [0.25, 0.3) is 0 Å². The van der Waals surface area contributed by atoms with Crippen molar-refractivity contribution in [1.29, 1.82) is 0 Å². The summed E-state index contributed by atoms with van der Waals surface area (Å²) in [5.74, 6) is -0.416. The van der Waals surface area contributed by atoms with Crippen molar-refractivity contribution in [3.8, 4) is 0 Å². The monoisotopic (exact) mass is 262 g/mol. The first-order valence-electron chi connectivity index (χ1n) is 6.31. The van der Waals surface area contributed by atoms with Crippen molar-refractivity contribution in [3.05, 3.63) is 29.8 Å². The lowest BCUT2D eigenvalue weighted by atomic mass is 9.97. The van der Waals surface area contributed by atoms with Crippen LogP contribution >= 0.6 is 0 Å². The Kier molecular flexibility index (Phi) is 4.04. The molecule has 5 heteroatoms. The number of carbonyl (C=O) groups is 2. The third-order valence-electron chi connectivity index (χ3n) is 3.30. The summed E-state index contributed by atoms with van der Waals surface area (Å²) in [6.45, 7) is 2.37. The molecule has 0 saturated carbocycles. The maximum absolute atomic E-state index is 11.9. The summed E-state index contributed by atoms with van der Waals surface area (Å²) < 4.78 is 4.57. The molecule has 0 aromatic heterocycles. The van der Waals surface area contributed by atoms with Gasteiger partial charge in [0.25, 0.3) is 0 Å². The number of fused-ring (bicyclic) bond motifs is 1. The Morgan fingerprint density at radius 3 is 2.95 bits per heavy atom. The van der Waals surface area contributed by atoms with Crippen molar-refractivity contribution in [1.82, 2.24) is 5.32 Å². The van der Waals surface area contributed by atoms with Gasteiger partial charge in [0.05, 0.1) is 7.11 Å². The Morgan fingerprint density at radius 1 is 1.47 bits per heavy atom. The summed E-state index contributed by atoms with van der Waals surface area (Å²) in [4.78, 5) is 23.1. The molecule has 1 aromatic rings. The SMILES string of the molecule is COC(=O)C(C)NC(=O)CC1CNc2ccccc21. The molecule has 2 unspecified atom stereocenters. The zero-order chi connectivity index (χ0) is 13.8. The number of ether oxygens (including phenoxy) is 1. The maximum Gasteiger partial charge on any atom is 0.328 e. The quantitative estimate of drug-likeness (QED) is 0.802. The molecule has 2 atom stereocenters. The van der Waals surface area contributed by atoms with Crippen molar-refractivity contribution < 1.29 is 14.3 Å². The molecular weight excluding hydrogens is 244 g/mol. The second-order valence-corrected chi connectivity index (χ2v) is 4.68. The van der Waals surface area contributed by atoms with Crippen LogP contribution in [0.15, 0.2) is 24.3 Å². The molecule has 1 aromatic carbocycles. The fraction of sp³-hybridized carbons (Fsp3) is 0.429. The molecule has 1 aliphatic rings. The molecule has 2 N–H and O–H groups in total. The van der Waals surface area contributed by atoms with Gasteiger partial charge in [0.2, 0.25) is 5.91 Å². The van der Waals surface area contributed by atoms with Crippen LogP contribution in [0.5, 0.6) is 0 Å². The number of hydrogen-bond acceptors (Lipinski definition) is 4. The van der Waals surface area contributed by atoms with Crippen molar-refractivity contribution in [2.24, 2.45) is 0 Å². The van der Waals surface area contributed by atoms with Crippen LogP contribution in [0.3, 0.4) is 0 Å². The predicted octanol–water partition coefficient (Wildman–Crippen LogP) is 1.26. The number of esters is 1. The van der Waals surface area contributed by atoms with Gasteiger partial charge in [-0.05, 0) is 18.6 Å². The highest BCUT2D eigenvalue weighted by Crippen LogP contribution is 2.32. The first-order valence-corrected chi connectivity index (χ1v) is 6.31. The molecule has 0 aliphatic carbocycles.